The predicted octanol–water partition coefficient (Wildman–Crippen LogP) is 1.39. The molecule has 1 N–H and O–H groups in total. The summed E-state index contributed by atoms with van der Waals surface area (Å²) in [5, 5.41) is 18.3. The predicted molar refractivity (Wildman–Crippen MR) is 90.2 cm³/mol. The van der Waals surface area contributed by atoms with E-state index in [4.69, 9.17) is 4.74 Å². The van der Waals surface area contributed by atoms with Crippen LogP contribution in [0, 0.1) is 13.8 Å². The smallest absolute Gasteiger partial charge is 0.255 e. The number of aromatic nitrogens is 6. The van der Waals surface area contributed by atoms with Crippen molar-refractivity contribution < 1.29 is 9.53 Å². The van der Waals surface area contributed by atoms with Crippen molar-refractivity contribution in [1.29, 1.82) is 0 Å². The van der Waals surface area contributed by atoms with Gasteiger partial charge in [-0.3, -0.25) is 9.48 Å². The van der Waals surface area contributed by atoms with Gasteiger partial charge in [0.05, 0.1) is 17.1 Å². The Hall–Kier alpha value is -3.23. The number of amides is 1. The molecule has 3 rings (SSSR count). The van der Waals surface area contributed by atoms with E-state index in [1.807, 2.05) is 20.9 Å². The van der Waals surface area contributed by atoms with Crippen molar-refractivity contribution in [1.82, 2.24) is 30.0 Å². The lowest BCUT2D eigenvalue weighted by Crippen LogP contribution is -2.13. The van der Waals surface area contributed by atoms with E-state index >= 15 is 0 Å². The van der Waals surface area contributed by atoms with E-state index in [0.29, 0.717) is 17.1 Å². The van der Waals surface area contributed by atoms with Gasteiger partial charge in [-0.05, 0) is 48.5 Å². The first-order valence-corrected chi connectivity index (χ1v) is 7.71. The van der Waals surface area contributed by atoms with Crippen LogP contribution in [0.4, 0.5) is 5.69 Å². The van der Waals surface area contributed by atoms with Gasteiger partial charge >= 0.3 is 0 Å². The highest BCUT2D eigenvalue weighted by molar-refractivity contribution is 6.04. The monoisotopic (exact) mass is 341 g/mol. The Morgan fingerprint density at radius 3 is 2.44 bits per heavy atom. The summed E-state index contributed by atoms with van der Waals surface area (Å²) in [6.07, 6.45) is 0. The largest absolute Gasteiger partial charge is 0.486 e. The van der Waals surface area contributed by atoms with Gasteiger partial charge in [-0.2, -0.15) is 5.10 Å². The molecular formula is C16H19N7O2. The second-order valence-corrected chi connectivity index (χ2v) is 5.66. The Morgan fingerprint density at radius 2 is 1.88 bits per heavy atom. The summed E-state index contributed by atoms with van der Waals surface area (Å²) in [4.78, 5) is 12.4. The number of nitrogens with zero attached hydrogens (tertiary/aromatic N) is 6. The summed E-state index contributed by atoms with van der Waals surface area (Å²) in [6.45, 7) is 4.03. The van der Waals surface area contributed by atoms with Gasteiger partial charge in [0.15, 0.2) is 5.82 Å². The summed E-state index contributed by atoms with van der Waals surface area (Å²) in [5.41, 5.74) is 2.96. The van der Waals surface area contributed by atoms with Crippen LogP contribution in [-0.4, -0.2) is 35.9 Å². The van der Waals surface area contributed by atoms with Gasteiger partial charge < -0.3 is 10.1 Å². The molecule has 0 saturated carbocycles. The van der Waals surface area contributed by atoms with E-state index in [9.17, 15) is 4.79 Å². The topological polar surface area (TPSA) is 99.8 Å². The quantitative estimate of drug-likeness (QED) is 0.753. The van der Waals surface area contributed by atoms with Gasteiger partial charge in [0.25, 0.3) is 5.91 Å². The maximum atomic E-state index is 12.4. The fraction of sp³-hybridized carbons (Fsp3) is 0.312. The number of ether oxygens (including phenoxy) is 1. The van der Waals surface area contributed by atoms with Crippen LogP contribution in [0.5, 0.6) is 5.75 Å². The van der Waals surface area contributed by atoms with Crippen LogP contribution in [0.3, 0.4) is 0 Å². The average molecular weight is 341 g/mol. The number of carbonyl (C=O) groups is 1. The molecule has 130 valence electrons. The Labute approximate surface area is 144 Å². The van der Waals surface area contributed by atoms with Crippen molar-refractivity contribution in [3.8, 4) is 5.75 Å². The summed E-state index contributed by atoms with van der Waals surface area (Å²) in [5.74, 6) is 1.06. The SMILES string of the molecule is Cc1nn(C)c(C)c1NC(=O)c1ccc(OCc2nnnn2C)cc1. The second-order valence-electron chi connectivity index (χ2n) is 5.66. The number of benzene rings is 1. The maximum Gasteiger partial charge on any atom is 0.255 e. The lowest BCUT2D eigenvalue weighted by molar-refractivity contribution is 0.102. The zero-order valence-electron chi connectivity index (χ0n) is 14.5. The molecule has 9 heteroatoms. The number of tetrazole rings is 1. The first kappa shape index (κ1) is 16.6. The molecule has 1 amide bonds. The molecule has 0 aliphatic heterocycles. The van der Waals surface area contributed by atoms with Gasteiger partial charge in [-0.25, -0.2) is 4.68 Å². The minimum absolute atomic E-state index is 0.191. The molecule has 3 aromatic rings. The van der Waals surface area contributed by atoms with E-state index in [1.54, 1.807) is 40.7 Å². The maximum absolute atomic E-state index is 12.4. The molecule has 0 atom stereocenters. The average Bonchev–Trinajstić information content (AvgIpc) is 3.11. The van der Waals surface area contributed by atoms with Crippen molar-refractivity contribution in [2.24, 2.45) is 14.1 Å². The number of aryl methyl sites for hydroxylation is 3. The van der Waals surface area contributed by atoms with Crippen LogP contribution in [0.2, 0.25) is 0 Å². The van der Waals surface area contributed by atoms with Crippen LogP contribution in [0.25, 0.3) is 0 Å². The first-order valence-electron chi connectivity index (χ1n) is 7.71. The van der Waals surface area contributed by atoms with E-state index in [1.165, 1.54) is 0 Å². The van der Waals surface area contributed by atoms with Crippen LogP contribution >= 0.6 is 0 Å². The Morgan fingerprint density at radius 1 is 1.16 bits per heavy atom. The van der Waals surface area contributed by atoms with Gasteiger partial charge in [0.2, 0.25) is 0 Å². The van der Waals surface area contributed by atoms with E-state index in [0.717, 1.165) is 17.1 Å². The molecule has 9 nitrogen and oxygen atoms in total. The Bertz CT molecular complexity index is 896. The number of carbonyl (C=O) groups excluding carboxylic acids is 1. The minimum Gasteiger partial charge on any atom is -0.486 e. The number of anilines is 1. The Kier molecular flexibility index (Phi) is 4.46. The van der Waals surface area contributed by atoms with Crippen molar-refractivity contribution >= 4 is 11.6 Å². The normalized spacial score (nSPS) is 10.7. The zero-order valence-corrected chi connectivity index (χ0v) is 14.5. The van der Waals surface area contributed by atoms with Crippen LogP contribution < -0.4 is 10.1 Å². The number of hydrogen-bond donors (Lipinski definition) is 1. The molecule has 0 aliphatic rings. The molecule has 2 aromatic heterocycles. The van der Waals surface area contributed by atoms with Gasteiger partial charge in [-0.15, -0.1) is 5.10 Å². The van der Waals surface area contributed by atoms with Crippen LogP contribution in [0.15, 0.2) is 24.3 Å². The van der Waals surface area contributed by atoms with Gasteiger partial charge in [0.1, 0.15) is 12.4 Å². The standard InChI is InChI=1S/C16H19N7O2/c1-10-15(11(2)22(3)19-10)17-16(24)12-5-7-13(8-6-12)25-9-14-18-20-21-23(14)4/h5-8H,9H2,1-4H3,(H,17,24). The van der Waals surface area contributed by atoms with E-state index in [-0.39, 0.29) is 12.5 Å². The molecule has 1 aromatic carbocycles. The van der Waals surface area contributed by atoms with Crippen LogP contribution in [-0.2, 0) is 20.7 Å². The van der Waals surface area contributed by atoms with Gasteiger partial charge in [0, 0.05) is 19.7 Å². The molecule has 0 spiro atoms. The minimum atomic E-state index is -0.191. The molecular weight excluding hydrogens is 322 g/mol. The van der Waals surface area contributed by atoms with Crippen molar-refractivity contribution in [3.63, 3.8) is 0 Å². The first-order chi connectivity index (χ1) is 12.0. The summed E-state index contributed by atoms with van der Waals surface area (Å²) in [6, 6.07) is 6.89. The third-order valence-electron chi connectivity index (χ3n) is 3.94. The van der Waals surface area contributed by atoms with Crippen molar-refractivity contribution in [3.05, 3.63) is 47.0 Å². The van der Waals surface area contributed by atoms with Crippen LogP contribution in [0.1, 0.15) is 27.6 Å². The lowest BCUT2D eigenvalue weighted by atomic mass is 10.2. The summed E-state index contributed by atoms with van der Waals surface area (Å²) >= 11 is 0. The molecule has 0 saturated heterocycles. The molecule has 0 bridgehead atoms. The second kappa shape index (κ2) is 6.71. The van der Waals surface area contributed by atoms with Crippen molar-refractivity contribution in [2.75, 3.05) is 5.32 Å². The molecule has 0 fully saturated rings. The Balaban J connectivity index is 1.65. The highest BCUT2D eigenvalue weighted by Crippen LogP contribution is 2.20. The number of nitrogens with one attached hydrogen (secondary N) is 1. The number of rotatable bonds is 5. The number of hydrogen-bond acceptors (Lipinski definition) is 6. The fourth-order valence-corrected chi connectivity index (χ4v) is 2.36. The third-order valence-corrected chi connectivity index (χ3v) is 3.94. The zero-order chi connectivity index (χ0) is 18.0. The summed E-state index contributed by atoms with van der Waals surface area (Å²) < 4.78 is 8.90. The van der Waals surface area contributed by atoms with Crippen molar-refractivity contribution in [2.45, 2.75) is 20.5 Å². The molecule has 0 radical (unpaired) electrons. The fourth-order valence-electron chi connectivity index (χ4n) is 2.36. The van der Waals surface area contributed by atoms with E-state index < -0.39 is 0 Å². The highest BCUT2D eigenvalue weighted by atomic mass is 16.5. The molecule has 25 heavy (non-hydrogen) atoms. The highest BCUT2D eigenvalue weighted by Gasteiger charge is 2.14. The lowest BCUT2D eigenvalue weighted by Gasteiger charge is -2.08. The third kappa shape index (κ3) is 3.49. The van der Waals surface area contributed by atoms with E-state index in [2.05, 4.69) is 25.9 Å². The molecule has 2 heterocycles. The van der Waals surface area contributed by atoms with Gasteiger partial charge in [-0.1, -0.05) is 0 Å². The summed E-state index contributed by atoms with van der Waals surface area (Å²) in [7, 11) is 3.59. The molecule has 0 aliphatic carbocycles. The molecule has 0 unspecified atom stereocenters.